The van der Waals surface area contributed by atoms with Crippen molar-refractivity contribution in [3.05, 3.63) is 29.3 Å². The van der Waals surface area contributed by atoms with Gasteiger partial charge in [0.25, 0.3) is 0 Å². The lowest BCUT2D eigenvalue weighted by atomic mass is 9.81. The van der Waals surface area contributed by atoms with Crippen LogP contribution in [-0.4, -0.2) is 44.4 Å². The maximum absolute atomic E-state index is 13.1. The molecule has 1 aliphatic rings. The van der Waals surface area contributed by atoms with Crippen LogP contribution in [0.3, 0.4) is 0 Å². The van der Waals surface area contributed by atoms with Gasteiger partial charge in [0, 0.05) is 19.1 Å². The van der Waals surface area contributed by atoms with Crippen molar-refractivity contribution in [3.8, 4) is 0 Å². The summed E-state index contributed by atoms with van der Waals surface area (Å²) in [5, 5.41) is 0. The summed E-state index contributed by atoms with van der Waals surface area (Å²) in [5.74, 6) is -0.519. The molecule has 2 N–H and O–H groups in total. The minimum atomic E-state index is -3.69. The summed E-state index contributed by atoms with van der Waals surface area (Å²) in [6.07, 6.45) is 0.614. The smallest absolute Gasteiger partial charge is 0.338 e. The van der Waals surface area contributed by atoms with Gasteiger partial charge in [0.05, 0.1) is 17.1 Å². The van der Waals surface area contributed by atoms with Crippen LogP contribution in [0.5, 0.6) is 0 Å². The molecule has 6 nitrogen and oxygen atoms in total. The Morgan fingerprint density at radius 1 is 1.42 bits per heavy atom. The molecule has 1 unspecified atom stereocenters. The van der Waals surface area contributed by atoms with E-state index in [0.29, 0.717) is 25.1 Å². The Bertz CT molecular complexity index is 728. The highest BCUT2D eigenvalue weighted by Gasteiger charge is 2.39. The number of hydrogen-bond donors (Lipinski definition) is 1. The number of esters is 1. The summed E-state index contributed by atoms with van der Waals surface area (Å²) in [5.41, 5.74) is 6.66. The van der Waals surface area contributed by atoms with Gasteiger partial charge in [0.15, 0.2) is 0 Å². The Hall–Kier alpha value is -1.44. The van der Waals surface area contributed by atoms with Gasteiger partial charge < -0.3 is 10.5 Å². The fourth-order valence-corrected chi connectivity index (χ4v) is 4.77. The molecule has 1 aromatic rings. The highest BCUT2D eigenvalue weighted by molar-refractivity contribution is 7.89. The van der Waals surface area contributed by atoms with E-state index < -0.39 is 16.0 Å². The van der Waals surface area contributed by atoms with Gasteiger partial charge in [0.1, 0.15) is 0 Å². The molecule has 0 saturated carbocycles. The number of aryl methyl sites for hydroxylation is 1. The van der Waals surface area contributed by atoms with Gasteiger partial charge in [-0.05, 0) is 43.4 Å². The van der Waals surface area contributed by atoms with Crippen LogP contribution in [-0.2, 0) is 14.8 Å². The zero-order valence-electron chi connectivity index (χ0n) is 14.7. The molecule has 134 valence electrons. The van der Waals surface area contributed by atoms with E-state index in [0.717, 1.165) is 0 Å². The van der Waals surface area contributed by atoms with E-state index in [9.17, 15) is 13.2 Å². The van der Waals surface area contributed by atoms with Crippen molar-refractivity contribution in [1.82, 2.24) is 4.31 Å². The fourth-order valence-electron chi connectivity index (χ4n) is 2.89. The van der Waals surface area contributed by atoms with Gasteiger partial charge in [-0.15, -0.1) is 0 Å². The molecule has 1 heterocycles. The minimum Gasteiger partial charge on any atom is -0.462 e. The summed E-state index contributed by atoms with van der Waals surface area (Å²) in [7, 11) is -3.69. The first-order valence-electron chi connectivity index (χ1n) is 8.13. The number of nitrogens with zero attached hydrogens (tertiary/aromatic N) is 1. The van der Waals surface area contributed by atoms with Gasteiger partial charge in [-0.2, -0.15) is 4.31 Å². The van der Waals surface area contributed by atoms with Gasteiger partial charge in [-0.3, -0.25) is 0 Å². The quantitative estimate of drug-likeness (QED) is 0.834. The van der Waals surface area contributed by atoms with Crippen LogP contribution >= 0.6 is 0 Å². The van der Waals surface area contributed by atoms with Crippen LogP contribution < -0.4 is 5.73 Å². The molecule has 1 fully saturated rings. The zero-order valence-corrected chi connectivity index (χ0v) is 15.5. The van der Waals surface area contributed by atoms with Crippen LogP contribution in [0.2, 0.25) is 0 Å². The Kier molecular flexibility index (Phi) is 5.37. The van der Waals surface area contributed by atoms with Crippen molar-refractivity contribution < 1.29 is 17.9 Å². The second-order valence-electron chi connectivity index (χ2n) is 6.92. The minimum absolute atomic E-state index is 0.0316. The van der Waals surface area contributed by atoms with Crippen LogP contribution in [0.4, 0.5) is 0 Å². The predicted molar refractivity (Wildman–Crippen MR) is 92.3 cm³/mol. The highest BCUT2D eigenvalue weighted by Crippen LogP contribution is 2.32. The summed E-state index contributed by atoms with van der Waals surface area (Å²) in [6, 6.07) is 4.60. The van der Waals surface area contributed by atoms with E-state index in [-0.39, 0.29) is 28.5 Å². The third kappa shape index (κ3) is 3.63. The average Bonchev–Trinajstić information content (AvgIpc) is 2.50. The first kappa shape index (κ1) is 18.9. The van der Waals surface area contributed by atoms with Crippen LogP contribution in [0, 0.1) is 12.3 Å². The molecule has 0 spiro atoms. The number of sulfonamides is 1. The Morgan fingerprint density at radius 3 is 2.67 bits per heavy atom. The van der Waals surface area contributed by atoms with E-state index in [1.165, 1.54) is 10.4 Å². The maximum atomic E-state index is 13.1. The third-order valence-corrected chi connectivity index (χ3v) is 6.58. The SMILES string of the molecule is CCOC(=O)c1ccc(C)c(S(=O)(=O)N2CCC(N)C(C)(C)C2)c1. The molecular formula is C17H26N2O4S. The van der Waals surface area contributed by atoms with Crippen molar-refractivity contribution in [2.75, 3.05) is 19.7 Å². The number of carbonyl (C=O) groups is 1. The normalized spacial score (nSPS) is 21.5. The molecule has 1 atom stereocenters. The Balaban J connectivity index is 2.39. The summed E-state index contributed by atoms with van der Waals surface area (Å²) in [4.78, 5) is 12.1. The average molecular weight is 354 g/mol. The topological polar surface area (TPSA) is 89.7 Å². The first-order chi connectivity index (χ1) is 11.1. The maximum Gasteiger partial charge on any atom is 0.338 e. The molecule has 2 rings (SSSR count). The standard InChI is InChI=1S/C17H26N2O4S/c1-5-23-16(20)13-7-6-12(2)14(10-13)24(21,22)19-9-8-15(18)17(3,4)11-19/h6-7,10,15H,5,8-9,11,18H2,1-4H3. The zero-order chi connectivity index (χ0) is 18.1. The number of ether oxygens (including phenoxy) is 1. The molecule has 0 amide bonds. The van der Waals surface area contributed by atoms with Gasteiger partial charge in [0.2, 0.25) is 10.0 Å². The molecule has 0 bridgehead atoms. The second-order valence-corrected chi connectivity index (χ2v) is 8.83. The number of piperidine rings is 1. The lowest BCUT2D eigenvalue weighted by Gasteiger charge is -2.41. The molecule has 1 saturated heterocycles. The van der Waals surface area contributed by atoms with E-state index >= 15 is 0 Å². The van der Waals surface area contributed by atoms with E-state index in [1.54, 1.807) is 26.0 Å². The summed E-state index contributed by atoms with van der Waals surface area (Å²) in [6.45, 7) is 8.37. The molecule has 0 aliphatic carbocycles. The monoisotopic (exact) mass is 354 g/mol. The van der Waals surface area contributed by atoms with Crippen LogP contribution in [0.1, 0.15) is 43.1 Å². The molecule has 24 heavy (non-hydrogen) atoms. The Morgan fingerprint density at radius 2 is 2.08 bits per heavy atom. The van der Waals surface area contributed by atoms with Crippen molar-refractivity contribution in [2.24, 2.45) is 11.1 Å². The number of carbonyl (C=O) groups excluding carboxylic acids is 1. The van der Waals surface area contributed by atoms with Crippen molar-refractivity contribution in [1.29, 1.82) is 0 Å². The highest BCUT2D eigenvalue weighted by atomic mass is 32.2. The van der Waals surface area contributed by atoms with E-state index in [2.05, 4.69) is 0 Å². The van der Waals surface area contributed by atoms with Gasteiger partial charge in [-0.25, -0.2) is 13.2 Å². The number of nitrogens with two attached hydrogens (primary N) is 1. The predicted octanol–water partition coefficient (Wildman–Crippen LogP) is 1.92. The third-order valence-electron chi connectivity index (χ3n) is 4.59. The van der Waals surface area contributed by atoms with E-state index in [1.807, 2.05) is 13.8 Å². The van der Waals surface area contributed by atoms with Gasteiger partial charge >= 0.3 is 5.97 Å². The van der Waals surface area contributed by atoms with Crippen molar-refractivity contribution in [2.45, 2.75) is 45.1 Å². The van der Waals surface area contributed by atoms with Crippen molar-refractivity contribution >= 4 is 16.0 Å². The molecule has 0 aromatic heterocycles. The number of rotatable bonds is 4. The second kappa shape index (κ2) is 6.82. The lowest BCUT2D eigenvalue weighted by molar-refractivity contribution is 0.0526. The summed E-state index contributed by atoms with van der Waals surface area (Å²) >= 11 is 0. The molecule has 0 radical (unpaired) electrons. The Labute approximate surface area is 144 Å². The molecule has 1 aromatic carbocycles. The van der Waals surface area contributed by atoms with E-state index in [4.69, 9.17) is 10.5 Å². The largest absolute Gasteiger partial charge is 0.462 e. The van der Waals surface area contributed by atoms with Gasteiger partial charge in [-0.1, -0.05) is 19.9 Å². The van der Waals surface area contributed by atoms with Crippen LogP contribution in [0.25, 0.3) is 0 Å². The summed E-state index contributed by atoms with van der Waals surface area (Å²) < 4.78 is 32.6. The molecule has 1 aliphatic heterocycles. The van der Waals surface area contributed by atoms with Crippen molar-refractivity contribution in [3.63, 3.8) is 0 Å². The molecular weight excluding hydrogens is 328 g/mol. The number of hydrogen-bond acceptors (Lipinski definition) is 5. The number of benzene rings is 1. The lowest BCUT2D eigenvalue weighted by Crippen LogP contribution is -2.53. The first-order valence-corrected chi connectivity index (χ1v) is 9.57. The van der Waals surface area contributed by atoms with Crippen LogP contribution in [0.15, 0.2) is 23.1 Å². The fraction of sp³-hybridized carbons (Fsp3) is 0.588. The molecule has 7 heteroatoms.